The van der Waals surface area contributed by atoms with Crippen molar-refractivity contribution in [2.24, 2.45) is 0 Å². The second-order valence-electron chi connectivity index (χ2n) is 7.39. The van der Waals surface area contributed by atoms with Crippen LogP contribution < -0.4 is 4.31 Å². The number of aryl methyl sites for hydroxylation is 1. The molecule has 2 aromatic carbocycles. The fourth-order valence-corrected chi connectivity index (χ4v) is 4.45. The van der Waals surface area contributed by atoms with Gasteiger partial charge < -0.3 is 0 Å². The summed E-state index contributed by atoms with van der Waals surface area (Å²) in [6, 6.07) is 10.9. The van der Waals surface area contributed by atoms with Crippen LogP contribution in [0.4, 0.5) is 18.9 Å². The number of alkyl halides is 3. The fourth-order valence-electron chi connectivity index (χ4n) is 2.42. The van der Waals surface area contributed by atoms with E-state index >= 15 is 0 Å². The molecule has 0 bridgehead atoms. The number of hydrogen-bond acceptors (Lipinski definition) is 2. The molecule has 8 heteroatoms. The lowest BCUT2D eigenvalue weighted by Gasteiger charge is -2.25. The Kier molecular flexibility index (Phi) is 6.35. The molecule has 2 aromatic rings. The van der Waals surface area contributed by atoms with Crippen molar-refractivity contribution in [2.45, 2.75) is 44.2 Å². The van der Waals surface area contributed by atoms with E-state index in [1.54, 1.807) is 31.2 Å². The van der Waals surface area contributed by atoms with Crippen LogP contribution in [-0.2, 0) is 15.4 Å². The monoisotopic (exact) mass is 475 g/mol. The van der Waals surface area contributed by atoms with Gasteiger partial charge in [0.2, 0.25) is 0 Å². The highest BCUT2D eigenvalue weighted by molar-refractivity contribution is 9.10. The van der Waals surface area contributed by atoms with E-state index in [0.29, 0.717) is 15.0 Å². The average molecular weight is 476 g/mol. The van der Waals surface area contributed by atoms with E-state index in [1.807, 2.05) is 20.8 Å². The Hall–Kier alpha value is -1.80. The van der Waals surface area contributed by atoms with Crippen molar-refractivity contribution in [3.05, 3.63) is 70.3 Å². The van der Waals surface area contributed by atoms with Crippen molar-refractivity contribution in [1.82, 2.24) is 0 Å². The van der Waals surface area contributed by atoms with Crippen LogP contribution in [0.3, 0.4) is 0 Å². The molecule has 0 aliphatic carbocycles. The molecule has 0 aliphatic heterocycles. The molecule has 0 unspecified atom stereocenters. The fraction of sp³-hybridized carbons (Fsp3) is 0.300. The summed E-state index contributed by atoms with van der Waals surface area (Å²) in [5.74, 6) is 0. The van der Waals surface area contributed by atoms with Crippen molar-refractivity contribution in [3.8, 4) is 0 Å². The third kappa shape index (κ3) is 5.38. The van der Waals surface area contributed by atoms with Crippen LogP contribution >= 0.6 is 15.9 Å². The molecular weight excluding hydrogens is 455 g/mol. The molecule has 0 fully saturated rings. The highest BCUT2D eigenvalue weighted by atomic mass is 79.9. The lowest BCUT2D eigenvalue weighted by molar-refractivity contribution is -0.0799. The predicted molar refractivity (Wildman–Crippen MR) is 109 cm³/mol. The Labute approximate surface area is 172 Å². The zero-order valence-corrected chi connectivity index (χ0v) is 18.3. The van der Waals surface area contributed by atoms with Gasteiger partial charge in [0, 0.05) is 16.7 Å². The van der Waals surface area contributed by atoms with Crippen LogP contribution in [0.5, 0.6) is 0 Å². The largest absolute Gasteiger partial charge is 0.411 e. The molecule has 0 spiro atoms. The summed E-state index contributed by atoms with van der Waals surface area (Å²) >= 11 is 3.32. The lowest BCUT2D eigenvalue weighted by atomic mass is 9.87. The number of anilines is 1. The molecule has 2 rings (SSSR count). The minimum Gasteiger partial charge on any atom is -0.241 e. The molecule has 3 nitrogen and oxygen atoms in total. The van der Waals surface area contributed by atoms with E-state index in [2.05, 4.69) is 15.9 Å². The first-order valence-electron chi connectivity index (χ1n) is 8.39. The number of halogens is 4. The quantitative estimate of drug-likeness (QED) is 0.518. The maximum atomic E-state index is 13.1. The maximum absolute atomic E-state index is 13.1. The highest BCUT2D eigenvalue weighted by Gasteiger charge is 2.29. The molecule has 0 saturated carbocycles. The Morgan fingerprint density at radius 1 is 1.00 bits per heavy atom. The molecular formula is C20H21BrF3NO2S. The maximum Gasteiger partial charge on any atom is 0.411 e. The van der Waals surface area contributed by atoms with E-state index in [0.717, 1.165) is 11.1 Å². The standard InChI is InChI=1S/C20H21BrF3NO2S/c1-14-5-8-16(9-6-14)28(26,27)25(12-11-20(22,23)24)18-10-7-15(13-17(18)21)19(2,3)4/h5-13H,1-4H3/b12-11+. The van der Waals surface area contributed by atoms with E-state index in [-0.39, 0.29) is 22.1 Å². The summed E-state index contributed by atoms with van der Waals surface area (Å²) in [6.45, 7) is 7.75. The first-order valence-corrected chi connectivity index (χ1v) is 10.6. The summed E-state index contributed by atoms with van der Waals surface area (Å²) in [4.78, 5) is -0.100. The number of rotatable bonds is 4. The lowest BCUT2D eigenvalue weighted by Crippen LogP contribution is -2.27. The molecule has 0 saturated heterocycles. The van der Waals surface area contributed by atoms with Gasteiger partial charge in [-0.15, -0.1) is 0 Å². The molecule has 0 N–H and O–H groups in total. The third-order valence-corrected chi connectivity index (χ3v) is 6.37. The molecule has 0 atom stereocenters. The molecule has 0 amide bonds. The average Bonchev–Trinajstić information content (AvgIpc) is 2.54. The first-order chi connectivity index (χ1) is 12.7. The molecule has 0 heterocycles. The van der Waals surface area contributed by atoms with Gasteiger partial charge in [-0.05, 0) is 58.1 Å². The van der Waals surface area contributed by atoms with Crippen molar-refractivity contribution < 1.29 is 21.6 Å². The molecule has 0 aromatic heterocycles. The van der Waals surface area contributed by atoms with E-state index in [1.165, 1.54) is 18.2 Å². The van der Waals surface area contributed by atoms with Crippen LogP contribution in [0.2, 0.25) is 0 Å². The summed E-state index contributed by atoms with van der Waals surface area (Å²) < 4.78 is 65.5. The molecule has 0 radical (unpaired) electrons. The Morgan fingerprint density at radius 2 is 1.57 bits per heavy atom. The van der Waals surface area contributed by atoms with Crippen molar-refractivity contribution in [3.63, 3.8) is 0 Å². The molecule has 0 aliphatic rings. The van der Waals surface area contributed by atoms with Gasteiger partial charge in [0.05, 0.1) is 10.6 Å². The number of allylic oxidation sites excluding steroid dienone is 1. The Balaban J connectivity index is 2.64. The number of hydrogen-bond donors (Lipinski definition) is 0. The van der Waals surface area contributed by atoms with Gasteiger partial charge in [0.15, 0.2) is 0 Å². The SMILES string of the molecule is Cc1ccc(S(=O)(=O)N(/C=C/C(F)(F)F)c2ccc(C(C)(C)C)cc2Br)cc1. The summed E-state index contributed by atoms with van der Waals surface area (Å²) in [6.07, 6.45) is -4.21. The molecule has 28 heavy (non-hydrogen) atoms. The van der Waals surface area contributed by atoms with Gasteiger partial charge in [-0.3, -0.25) is 0 Å². The van der Waals surface area contributed by atoms with Crippen molar-refractivity contribution in [1.29, 1.82) is 0 Å². The third-order valence-electron chi connectivity index (χ3n) is 4.03. The minimum absolute atomic E-state index is 0.0917. The van der Waals surface area contributed by atoms with Crippen LogP contribution in [-0.4, -0.2) is 14.6 Å². The number of benzene rings is 2. The van der Waals surface area contributed by atoms with E-state index in [9.17, 15) is 21.6 Å². The summed E-state index contributed by atoms with van der Waals surface area (Å²) in [5.41, 5.74) is 1.64. The number of nitrogens with zero attached hydrogens (tertiary/aromatic N) is 1. The van der Waals surface area contributed by atoms with Crippen molar-refractivity contribution >= 4 is 31.6 Å². The zero-order chi connectivity index (χ0) is 21.3. The second-order valence-corrected chi connectivity index (χ2v) is 10.1. The smallest absolute Gasteiger partial charge is 0.241 e. The van der Waals surface area contributed by atoms with Crippen LogP contribution in [0.25, 0.3) is 0 Å². The van der Waals surface area contributed by atoms with Gasteiger partial charge in [-0.2, -0.15) is 13.2 Å². The Morgan fingerprint density at radius 3 is 2.04 bits per heavy atom. The zero-order valence-electron chi connectivity index (χ0n) is 15.9. The van der Waals surface area contributed by atoms with E-state index < -0.39 is 16.2 Å². The van der Waals surface area contributed by atoms with Gasteiger partial charge in [0.25, 0.3) is 10.0 Å². The minimum atomic E-state index is -4.65. The predicted octanol–water partition coefficient (Wildman–Crippen LogP) is 6.33. The van der Waals surface area contributed by atoms with Crippen molar-refractivity contribution in [2.75, 3.05) is 4.31 Å². The van der Waals surface area contributed by atoms with Crippen LogP contribution in [0.1, 0.15) is 31.9 Å². The Bertz CT molecular complexity index is 976. The van der Waals surface area contributed by atoms with Gasteiger partial charge in [-0.1, -0.05) is 44.5 Å². The summed E-state index contributed by atoms with van der Waals surface area (Å²) in [7, 11) is -4.25. The van der Waals surface area contributed by atoms with Gasteiger partial charge in [0.1, 0.15) is 0 Å². The van der Waals surface area contributed by atoms with E-state index in [4.69, 9.17) is 0 Å². The topological polar surface area (TPSA) is 37.4 Å². The number of sulfonamides is 1. The molecule has 152 valence electrons. The normalized spacial score (nSPS) is 13.1. The first kappa shape index (κ1) is 22.5. The van der Waals surface area contributed by atoms with Crippen LogP contribution in [0, 0.1) is 6.92 Å². The van der Waals surface area contributed by atoms with Crippen LogP contribution in [0.15, 0.2) is 64.1 Å². The highest BCUT2D eigenvalue weighted by Crippen LogP contribution is 2.35. The summed E-state index contributed by atoms with van der Waals surface area (Å²) in [5, 5.41) is 0. The van der Waals surface area contributed by atoms with Gasteiger partial charge in [-0.25, -0.2) is 12.7 Å². The van der Waals surface area contributed by atoms with Gasteiger partial charge >= 0.3 is 6.18 Å². The second kappa shape index (κ2) is 7.91.